The second-order valence-electron chi connectivity index (χ2n) is 3.19. The smallest absolute Gasteiger partial charge is 0.328 e. The van der Waals surface area contributed by atoms with Gasteiger partial charge in [-0.2, -0.15) is 0 Å². The lowest BCUT2D eigenvalue weighted by molar-refractivity contribution is -0.231. The second-order valence-corrected chi connectivity index (χ2v) is 3.19. The van der Waals surface area contributed by atoms with Gasteiger partial charge in [-0.25, -0.2) is 9.86 Å². The Labute approximate surface area is 89.8 Å². The number of carbonyl (C=O) groups is 2. The van der Waals surface area contributed by atoms with Crippen molar-refractivity contribution in [1.82, 2.24) is 5.06 Å². The lowest BCUT2D eigenvalue weighted by atomic mass is 10.1. The maximum Gasteiger partial charge on any atom is 0.328 e. The molecule has 9 heteroatoms. The van der Waals surface area contributed by atoms with Crippen LogP contribution in [0.2, 0.25) is 0 Å². The van der Waals surface area contributed by atoms with Crippen molar-refractivity contribution in [1.29, 1.82) is 0 Å². The maximum atomic E-state index is 11.6. The standard InChI is InChI=1S/C7H10N4O5/c1-3(7(14)15)11-6(13)5(9-10-8)4(12)2-16-11/h3-5,12H,2H2,1H3,(H,14,15)/t3-,4-,5+/m1/s1. The number of rotatable bonds is 3. The van der Waals surface area contributed by atoms with Gasteiger partial charge in [-0.1, -0.05) is 5.11 Å². The van der Waals surface area contributed by atoms with E-state index in [0.717, 1.165) is 0 Å². The van der Waals surface area contributed by atoms with Gasteiger partial charge in [0.05, 0.1) is 6.10 Å². The van der Waals surface area contributed by atoms with Crippen LogP contribution in [-0.2, 0) is 14.4 Å². The zero-order valence-electron chi connectivity index (χ0n) is 8.35. The fourth-order valence-electron chi connectivity index (χ4n) is 1.19. The summed E-state index contributed by atoms with van der Waals surface area (Å²) in [4.78, 5) is 29.4. The molecule has 1 saturated heterocycles. The summed E-state index contributed by atoms with van der Waals surface area (Å²) in [6, 6.07) is -2.56. The molecule has 1 amide bonds. The number of aliphatic carboxylic acids is 1. The minimum atomic E-state index is -1.35. The van der Waals surface area contributed by atoms with E-state index in [1.54, 1.807) is 0 Å². The number of aliphatic hydroxyl groups is 1. The third-order valence-electron chi connectivity index (χ3n) is 2.10. The van der Waals surface area contributed by atoms with E-state index in [1.165, 1.54) is 6.92 Å². The predicted molar refractivity (Wildman–Crippen MR) is 48.8 cm³/mol. The Morgan fingerprint density at radius 2 is 2.44 bits per heavy atom. The molecule has 0 aromatic rings. The summed E-state index contributed by atoms with van der Waals surface area (Å²) >= 11 is 0. The van der Waals surface area contributed by atoms with Gasteiger partial charge in [-0.15, -0.1) is 0 Å². The third kappa shape index (κ3) is 2.22. The molecule has 1 aliphatic rings. The Balaban J connectivity index is 2.88. The number of amides is 1. The first-order valence-electron chi connectivity index (χ1n) is 4.40. The fraction of sp³-hybridized carbons (Fsp3) is 0.714. The van der Waals surface area contributed by atoms with Crippen LogP contribution in [0.4, 0.5) is 0 Å². The number of hydrogen-bond donors (Lipinski definition) is 2. The van der Waals surface area contributed by atoms with E-state index >= 15 is 0 Å². The Morgan fingerprint density at radius 3 is 2.94 bits per heavy atom. The molecule has 2 N–H and O–H groups in total. The van der Waals surface area contributed by atoms with Gasteiger partial charge in [0.2, 0.25) is 0 Å². The molecule has 1 fully saturated rings. The number of aliphatic hydroxyl groups excluding tert-OH is 1. The van der Waals surface area contributed by atoms with Crippen LogP contribution in [0.5, 0.6) is 0 Å². The van der Waals surface area contributed by atoms with Crippen LogP contribution in [0, 0.1) is 0 Å². The number of nitrogens with zero attached hydrogens (tertiary/aromatic N) is 4. The van der Waals surface area contributed by atoms with E-state index in [4.69, 9.17) is 15.5 Å². The molecule has 1 aliphatic heterocycles. The summed E-state index contributed by atoms with van der Waals surface area (Å²) in [7, 11) is 0. The summed E-state index contributed by atoms with van der Waals surface area (Å²) in [5, 5.41) is 21.7. The fourth-order valence-corrected chi connectivity index (χ4v) is 1.19. The Bertz CT molecular complexity index is 353. The molecule has 0 saturated carbocycles. The van der Waals surface area contributed by atoms with Crippen LogP contribution in [0.25, 0.3) is 10.4 Å². The van der Waals surface area contributed by atoms with Crippen molar-refractivity contribution in [3.8, 4) is 0 Å². The van der Waals surface area contributed by atoms with Gasteiger partial charge < -0.3 is 10.2 Å². The van der Waals surface area contributed by atoms with Gasteiger partial charge in [-0.05, 0) is 12.5 Å². The first-order chi connectivity index (χ1) is 7.49. The highest BCUT2D eigenvalue weighted by molar-refractivity contribution is 5.87. The average Bonchev–Trinajstić information content (AvgIpc) is 2.23. The molecular formula is C7H10N4O5. The van der Waals surface area contributed by atoms with Crippen LogP contribution in [0.3, 0.4) is 0 Å². The monoisotopic (exact) mass is 230 g/mol. The molecule has 0 aliphatic carbocycles. The highest BCUT2D eigenvalue weighted by Crippen LogP contribution is 2.16. The number of hydroxylamine groups is 2. The van der Waals surface area contributed by atoms with E-state index in [2.05, 4.69) is 10.0 Å². The highest BCUT2D eigenvalue weighted by atomic mass is 16.7. The lowest BCUT2D eigenvalue weighted by Gasteiger charge is -2.34. The summed E-state index contributed by atoms with van der Waals surface area (Å²) in [5.41, 5.74) is 8.21. The minimum absolute atomic E-state index is 0.299. The third-order valence-corrected chi connectivity index (χ3v) is 2.10. The van der Waals surface area contributed by atoms with E-state index in [9.17, 15) is 14.7 Å². The molecule has 88 valence electrons. The Morgan fingerprint density at radius 1 is 1.81 bits per heavy atom. The number of carbonyl (C=O) groups excluding carboxylic acids is 1. The van der Waals surface area contributed by atoms with Crippen molar-refractivity contribution in [2.24, 2.45) is 5.11 Å². The molecule has 0 unspecified atom stereocenters. The maximum absolute atomic E-state index is 11.6. The molecular weight excluding hydrogens is 220 g/mol. The topological polar surface area (TPSA) is 136 Å². The number of carboxylic acids is 1. The average molecular weight is 230 g/mol. The number of azide groups is 1. The molecule has 0 aromatic carbocycles. The van der Waals surface area contributed by atoms with Gasteiger partial charge in [0, 0.05) is 4.91 Å². The Hall–Kier alpha value is -1.83. The lowest BCUT2D eigenvalue weighted by Crippen LogP contribution is -2.56. The zero-order chi connectivity index (χ0) is 12.3. The predicted octanol–water partition coefficient (Wildman–Crippen LogP) is -0.727. The van der Waals surface area contributed by atoms with Gasteiger partial charge in [-0.3, -0.25) is 9.63 Å². The summed E-state index contributed by atoms with van der Waals surface area (Å²) in [5.74, 6) is -2.13. The van der Waals surface area contributed by atoms with E-state index in [-0.39, 0.29) is 6.61 Å². The number of carboxylic acid groups (broad SMARTS) is 1. The van der Waals surface area contributed by atoms with E-state index in [0.29, 0.717) is 5.06 Å². The quantitative estimate of drug-likeness (QED) is 0.374. The van der Waals surface area contributed by atoms with Crippen LogP contribution >= 0.6 is 0 Å². The van der Waals surface area contributed by atoms with Crippen molar-refractivity contribution in [2.45, 2.75) is 25.1 Å². The summed E-state index contributed by atoms with van der Waals surface area (Å²) in [6.07, 6.45) is -1.26. The zero-order valence-corrected chi connectivity index (χ0v) is 8.35. The molecule has 0 aromatic heterocycles. The normalized spacial score (nSPS) is 27.1. The van der Waals surface area contributed by atoms with Crippen molar-refractivity contribution < 1.29 is 24.6 Å². The van der Waals surface area contributed by atoms with Gasteiger partial charge in [0.15, 0.2) is 6.04 Å². The van der Waals surface area contributed by atoms with E-state index in [1.807, 2.05) is 0 Å². The summed E-state index contributed by atoms with van der Waals surface area (Å²) < 4.78 is 0. The van der Waals surface area contributed by atoms with Gasteiger partial charge in [0.25, 0.3) is 5.91 Å². The molecule has 9 nitrogen and oxygen atoms in total. The molecule has 0 spiro atoms. The van der Waals surface area contributed by atoms with Crippen LogP contribution in [0.15, 0.2) is 5.11 Å². The molecule has 1 rings (SSSR count). The molecule has 1 heterocycles. The van der Waals surface area contributed by atoms with Crippen LogP contribution in [-0.4, -0.2) is 51.9 Å². The Kier molecular flexibility index (Phi) is 3.67. The summed E-state index contributed by atoms with van der Waals surface area (Å²) in [6.45, 7) is 0.943. The van der Waals surface area contributed by atoms with Crippen LogP contribution < -0.4 is 0 Å². The highest BCUT2D eigenvalue weighted by Gasteiger charge is 2.40. The molecule has 16 heavy (non-hydrogen) atoms. The molecule has 0 radical (unpaired) electrons. The first kappa shape index (κ1) is 12.2. The SMILES string of the molecule is C[C@H](C(=O)O)N1OC[C@@H](O)[C@H](N=[N+]=[N-])C1=O. The largest absolute Gasteiger partial charge is 0.480 e. The van der Waals surface area contributed by atoms with Crippen molar-refractivity contribution in [2.75, 3.05) is 6.61 Å². The minimum Gasteiger partial charge on any atom is -0.480 e. The number of hydrogen-bond acceptors (Lipinski definition) is 5. The van der Waals surface area contributed by atoms with Crippen molar-refractivity contribution in [3.05, 3.63) is 10.4 Å². The molecule has 3 atom stereocenters. The second kappa shape index (κ2) is 4.79. The van der Waals surface area contributed by atoms with Gasteiger partial charge in [0.1, 0.15) is 12.6 Å². The van der Waals surface area contributed by atoms with E-state index < -0.39 is 30.1 Å². The van der Waals surface area contributed by atoms with Crippen molar-refractivity contribution >= 4 is 11.9 Å². The first-order valence-corrected chi connectivity index (χ1v) is 4.40. The molecule has 0 bridgehead atoms. The van der Waals surface area contributed by atoms with Crippen molar-refractivity contribution in [3.63, 3.8) is 0 Å². The van der Waals surface area contributed by atoms with Crippen LogP contribution in [0.1, 0.15) is 6.92 Å². The van der Waals surface area contributed by atoms with Gasteiger partial charge >= 0.3 is 5.97 Å².